The maximum absolute atomic E-state index is 12.2. The Labute approximate surface area is 128 Å². The first-order valence-corrected chi connectivity index (χ1v) is 7.81. The van der Waals surface area contributed by atoms with E-state index in [0.717, 1.165) is 25.2 Å². The van der Waals surface area contributed by atoms with Crippen LogP contribution in [0.3, 0.4) is 0 Å². The summed E-state index contributed by atoms with van der Waals surface area (Å²) >= 11 is 0. The quantitative estimate of drug-likeness (QED) is 0.837. The molecule has 0 saturated heterocycles. The van der Waals surface area contributed by atoms with Gasteiger partial charge in [-0.05, 0) is 25.3 Å². The van der Waals surface area contributed by atoms with Crippen molar-refractivity contribution in [1.29, 1.82) is 0 Å². The fourth-order valence-corrected chi connectivity index (χ4v) is 2.09. The van der Waals surface area contributed by atoms with Crippen LogP contribution < -0.4 is 15.8 Å². The minimum atomic E-state index is -0.0413. The van der Waals surface area contributed by atoms with Gasteiger partial charge < -0.3 is 10.2 Å². The molecule has 0 fully saturated rings. The van der Waals surface area contributed by atoms with Crippen molar-refractivity contribution in [2.75, 3.05) is 25.0 Å². The summed E-state index contributed by atoms with van der Waals surface area (Å²) in [5.74, 6) is 0. The second-order valence-corrected chi connectivity index (χ2v) is 6.62. The number of nitrogens with zero attached hydrogens (tertiary/aromatic N) is 3. The molecule has 1 heterocycles. The third-order valence-electron chi connectivity index (χ3n) is 3.81. The number of aromatic nitrogens is 2. The number of anilines is 1. The zero-order valence-corrected chi connectivity index (χ0v) is 14.3. The van der Waals surface area contributed by atoms with E-state index in [2.05, 4.69) is 45.0 Å². The smallest absolute Gasteiger partial charge is 0.268 e. The molecule has 1 atom stereocenters. The Morgan fingerprint density at radius 1 is 1.38 bits per heavy atom. The molecular formula is C16H30N4O. The van der Waals surface area contributed by atoms with E-state index in [1.807, 2.05) is 11.9 Å². The van der Waals surface area contributed by atoms with Gasteiger partial charge in [0.2, 0.25) is 0 Å². The van der Waals surface area contributed by atoms with E-state index in [4.69, 9.17) is 0 Å². The molecule has 0 aliphatic carbocycles. The van der Waals surface area contributed by atoms with Crippen LogP contribution in [0.25, 0.3) is 0 Å². The van der Waals surface area contributed by atoms with E-state index < -0.39 is 0 Å². The zero-order chi connectivity index (χ0) is 16.0. The highest BCUT2D eigenvalue weighted by Crippen LogP contribution is 2.20. The predicted octanol–water partition coefficient (Wildman–Crippen LogP) is 2.11. The van der Waals surface area contributed by atoms with E-state index >= 15 is 0 Å². The Morgan fingerprint density at radius 2 is 2.05 bits per heavy atom. The largest absolute Gasteiger partial charge is 0.373 e. The number of rotatable bonds is 7. The molecular weight excluding hydrogens is 264 g/mol. The molecule has 5 nitrogen and oxygen atoms in total. The predicted molar refractivity (Wildman–Crippen MR) is 89.0 cm³/mol. The van der Waals surface area contributed by atoms with Crippen LogP contribution in [0, 0.1) is 5.41 Å². The molecule has 0 amide bonds. The second kappa shape index (κ2) is 7.59. The Hall–Kier alpha value is -1.36. The van der Waals surface area contributed by atoms with Gasteiger partial charge in [0.05, 0.1) is 18.4 Å². The van der Waals surface area contributed by atoms with Crippen molar-refractivity contribution >= 4 is 5.69 Å². The van der Waals surface area contributed by atoms with Crippen LogP contribution in [-0.4, -0.2) is 36.0 Å². The Balaban J connectivity index is 2.92. The second-order valence-electron chi connectivity index (χ2n) is 6.62. The third-order valence-corrected chi connectivity index (χ3v) is 3.81. The van der Waals surface area contributed by atoms with Gasteiger partial charge >= 0.3 is 0 Å². The van der Waals surface area contributed by atoms with E-state index in [1.54, 1.807) is 16.9 Å². The van der Waals surface area contributed by atoms with Crippen molar-refractivity contribution in [3.8, 4) is 0 Å². The van der Waals surface area contributed by atoms with Crippen LogP contribution in [0.5, 0.6) is 0 Å². The maximum Gasteiger partial charge on any atom is 0.268 e. The van der Waals surface area contributed by atoms with Crippen LogP contribution >= 0.6 is 0 Å². The van der Waals surface area contributed by atoms with Crippen molar-refractivity contribution in [1.82, 2.24) is 15.1 Å². The van der Waals surface area contributed by atoms with Crippen molar-refractivity contribution in [3.05, 3.63) is 22.6 Å². The molecule has 0 aromatic carbocycles. The minimum absolute atomic E-state index is 0.0413. The summed E-state index contributed by atoms with van der Waals surface area (Å²) < 4.78 is 1.56. The summed E-state index contributed by atoms with van der Waals surface area (Å²) in [5.41, 5.74) is 0.905. The molecule has 1 aromatic rings. The van der Waals surface area contributed by atoms with Gasteiger partial charge in [0.15, 0.2) is 0 Å². The Morgan fingerprint density at radius 3 is 2.52 bits per heavy atom. The first kappa shape index (κ1) is 17.7. The normalized spacial score (nSPS) is 13.2. The molecule has 21 heavy (non-hydrogen) atoms. The van der Waals surface area contributed by atoms with E-state index in [0.29, 0.717) is 6.54 Å². The van der Waals surface area contributed by atoms with Crippen LogP contribution in [-0.2, 0) is 6.54 Å². The van der Waals surface area contributed by atoms with E-state index in [9.17, 15) is 4.79 Å². The summed E-state index contributed by atoms with van der Waals surface area (Å²) in [7, 11) is 1.96. The fourth-order valence-electron chi connectivity index (χ4n) is 2.09. The fraction of sp³-hybridized carbons (Fsp3) is 0.750. The lowest BCUT2D eigenvalue weighted by atomic mass is 9.86. The SMILES string of the molecule is CCCNC(Cn1ncc(N(C)CC)cc1=O)C(C)(C)C. The first-order chi connectivity index (χ1) is 9.79. The van der Waals surface area contributed by atoms with Crippen molar-refractivity contribution < 1.29 is 0 Å². The molecule has 0 saturated carbocycles. The Bertz CT molecular complexity index is 490. The molecule has 0 aliphatic heterocycles. The highest BCUT2D eigenvalue weighted by atomic mass is 16.1. The molecule has 0 spiro atoms. The van der Waals surface area contributed by atoms with Crippen molar-refractivity contribution in [2.24, 2.45) is 5.41 Å². The topological polar surface area (TPSA) is 50.2 Å². The van der Waals surface area contributed by atoms with Gasteiger partial charge in [-0.3, -0.25) is 4.79 Å². The maximum atomic E-state index is 12.2. The monoisotopic (exact) mass is 294 g/mol. The molecule has 5 heteroatoms. The van der Waals surface area contributed by atoms with Crippen LogP contribution in [0.4, 0.5) is 5.69 Å². The van der Waals surface area contributed by atoms with E-state index in [1.165, 1.54) is 0 Å². The molecule has 1 rings (SSSR count). The zero-order valence-electron chi connectivity index (χ0n) is 14.3. The standard InChI is InChI=1S/C16H30N4O/c1-7-9-17-14(16(3,4)5)12-20-15(21)10-13(11-18-20)19(6)8-2/h10-11,14,17H,7-9,12H2,1-6H3. The molecule has 1 unspecified atom stereocenters. The Kier molecular flexibility index (Phi) is 6.40. The minimum Gasteiger partial charge on any atom is -0.373 e. The van der Waals surface area contributed by atoms with Crippen molar-refractivity contribution in [3.63, 3.8) is 0 Å². The van der Waals surface area contributed by atoms with Crippen molar-refractivity contribution in [2.45, 2.75) is 53.6 Å². The van der Waals surface area contributed by atoms with E-state index in [-0.39, 0.29) is 17.0 Å². The van der Waals surface area contributed by atoms with Gasteiger partial charge in [0.1, 0.15) is 0 Å². The summed E-state index contributed by atoms with van der Waals surface area (Å²) in [6.07, 6.45) is 2.85. The lowest BCUT2D eigenvalue weighted by Crippen LogP contribution is -2.46. The lowest BCUT2D eigenvalue weighted by molar-refractivity contribution is 0.233. The average Bonchev–Trinajstić information content (AvgIpc) is 2.42. The molecule has 0 bridgehead atoms. The molecule has 120 valence electrons. The molecule has 0 radical (unpaired) electrons. The summed E-state index contributed by atoms with van der Waals surface area (Å²) in [4.78, 5) is 14.3. The summed E-state index contributed by atoms with van der Waals surface area (Å²) in [6.45, 7) is 13.2. The van der Waals surface area contributed by atoms with Crippen LogP contribution in [0.2, 0.25) is 0 Å². The molecule has 1 N–H and O–H groups in total. The molecule has 0 aliphatic rings. The lowest BCUT2D eigenvalue weighted by Gasteiger charge is -2.31. The molecule has 1 aromatic heterocycles. The number of hydrogen-bond acceptors (Lipinski definition) is 4. The van der Waals surface area contributed by atoms with Gasteiger partial charge in [-0.25, -0.2) is 4.68 Å². The van der Waals surface area contributed by atoms with Gasteiger partial charge in [-0.2, -0.15) is 5.10 Å². The first-order valence-electron chi connectivity index (χ1n) is 7.81. The third kappa shape index (κ3) is 5.16. The average molecular weight is 294 g/mol. The van der Waals surface area contributed by atoms with Crippen LogP contribution in [0.15, 0.2) is 17.1 Å². The summed E-state index contributed by atoms with van der Waals surface area (Å²) in [6, 6.07) is 1.88. The van der Waals surface area contributed by atoms with Gasteiger partial charge in [-0.1, -0.05) is 27.7 Å². The van der Waals surface area contributed by atoms with Gasteiger partial charge in [0, 0.05) is 25.7 Å². The van der Waals surface area contributed by atoms with Crippen LogP contribution in [0.1, 0.15) is 41.0 Å². The number of nitrogens with one attached hydrogen (secondary N) is 1. The highest BCUT2D eigenvalue weighted by Gasteiger charge is 2.25. The van der Waals surface area contributed by atoms with Gasteiger partial charge in [-0.15, -0.1) is 0 Å². The highest BCUT2D eigenvalue weighted by molar-refractivity contribution is 5.41. The van der Waals surface area contributed by atoms with Gasteiger partial charge in [0.25, 0.3) is 5.56 Å². The number of hydrogen-bond donors (Lipinski definition) is 1. The summed E-state index contributed by atoms with van der Waals surface area (Å²) in [5, 5.41) is 7.85.